The van der Waals surface area contributed by atoms with Crippen molar-refractivity contribution >= 4 is 0 Å². The number of hydrogen-bond acceptors (Lipinski definition) is 2. The summed E-state index contributed by atoms with van der Waals surface area (Å²) in [6.07, 6.45) is 2.22. The maximum Gasteiger partial charge on any atom is 0.126 e. The molecular weight excluding hydrogens is 224 g/mol. The molecule has 17 heavy (non-hydrogen) atoms. The molecule has 1 aromatic carbocycles. The first kappa shape index (κ1) is 11.1. The second-order valence-electron chi connectivity index (χ2n) is 5.30. The summed E-state index contributed by atoms with van der Waals surface area (Å²) in [6.45, 7) is 1.75. The Morgan fingerprint density at radius 3 is 2.29 bits per heavy atom. The van der Waals surface area contributed by atoms with E-state index in [-0.39, 0.29) is 0 Å². The molecule has 0 atom stereocenters. The zero-order valence-electron chi connectivity index (χ0n) is 9.50. The van der Waals surface area contributed by atoms with Crippen LogP contribution in [0.25, 0.3) is 0 Å². The van der Waals surface area contributed by atoms with Crippen molar-refractivity contribution in [3.63, 3.8) is 0 Å². The van der Waals surface area contributed by atoms with Gasteiger partial charge in [-0.05, 0) is 36.5 Å². The Bertz CT molecular complexity index is 419. The highest BCUT2D eigenvalue weighted by molar-refractivity contribution is 5.19. The second-order valence-corrected chi connectivity index (χ2v) is 5.30. The Morgan fingerprint density at radius 1 is 1.18 bits per heavy atom. The molecule has 0 amide bonds. The number of likely N-dealkylation sites (tertiary alicyclic amines) is 1. The van der Waals surface area contributed by atoms with Gasteiger partial charge >= 0.3 is 0 Å². The quantitative estimate of drug-likeness (QED) is 0.871. The van der Waals surface area contributed by atoms with E-state index in [9.17, 15) is 13.9 Å². The summed E-state index contributed by atoms with van der Waals surface area (Å²) >= 11 is 0. The highest BCUT2D eigenvalue weighted by Crippen LogP contribution is 2.44. The average molecular weight is 239 g/mol. The highest BCUT2D eigenvalue weighted by atomic mass is 19.1. The molecule has 0 aromatic heterocycles. The van der Waals surface area contributed by atoms with Crippen molar-refractivity contribution in [1.29, 1.82) is 0 Å². The fraction of sp³-hybridized carbons (Fsp3) is 0.538. The Morgan fingerprint density at radius 2 is 1.76 bits per heavy atom. The van der Waals surface area contributed by atoms with E-state index in [0.717, 1.165) is 18.9 Å². The van der Waals surface area contributed by atoms with Crippen LogP contribution in [0, 0.1) is 17.6 Å². The topological polar surface area (TPSA) is 23.5 Å². The molecule has 0 radical (unpaired) electrons. The molecule has 1 aliphatic heterocycles. The maximum absolute atomic E-state index is 13.0. The number of aliphatic hydroxyl groups is 1. The summed E-state index contributed by atoms with van der Waals surface area (Å²) in [7, 11) is 0. The molecule has 2 nitrogen and oxygen atoms in total. The van der Waals surface area contributed by atoms with Gasteiger partial charge in [0.25, 0.3) is 0 Å². The number of β-amino-alcohol motifs (C(OH)–C–C–N with tert-alkyl or cyclic N) is 1. The van der Waals surface area contributed by atoms with Gasteiger partial charge in [-0.25, -0.2) is 8.78 Å². The van der Waals surface area contributed by atoms with Crippen molar-refractivity contribution in [2.75, 3.05) is 13.1 Å². The van der Waals surface area contributed by atoms with Crippen molar-refractivity contribution in [3.05, 3.63) is 35.4 Å². The largest absolute Gasteiger partial charge is 0.387 e. The van der Waals surface area contributed by atoms with Gasteiger partial charge in [0.05, 0.1) is 5.60 Å². The first-order valence-electron chi connectivity index (χ1n) is 5.95. The number of benzene rings is 1. The van der Waals surface area contributed by atoms with E-state index < -0.39 is 17.2 Å². The third-order valence-electron chi connectivity index (χ3n) is 3.66. The molecule has 3 rings (SSSR count). The van der Waals surface area contributed by atoms with Gasteiger partial charge in [-0.15, -0.1) is 0 Å². The molecule has 1 aromatic rings. The molecule has 0 bridgehead atoms. The minimum atomic E-state index is -0.544. The van der Waals surface area contributed by atoms with Crippen LogP contribution in [0.1, 0.15) is 18.4 Å². The first-order valence-corrected chi connectivity index (χ1v) is 5.95. The third kappa shape index (κ3) is 2.19. The van der Waals surface area contributed by atoms with Gasteiger partial charge in [0.1, 0.15) is 11.6 Å². The molecule has 0 unspecified atom stereocenters. The zero-order valence-corrected chi connectivity index (χ0v) is 9.50. The van der Waals surface area contributed by atoms with Crippen molar-refractivity contribution in [3.8, 4) is 0 Å². The molecule has 1 N–H and O–H groups in total. The van der Waals surface area contributed by atoms with Crippen LogP contribution >= 0.6 is 0 Å². The van der Waals surface area contributed by atoms with Crippen molar-refractivity contribution in [2.45, 2.75) is 25.0 Å². The molecular formula is C13H15F2NO. The molecule has 4 heteroatoms. The van der Waals surface area contributed by atoms with Crippen molar-refractivity contribution in [1.82, 2.24) is 4.90 Å². The van der Waals surface area contributed by atoms with Gasteiger partial charge in [-0.3, -0.25) is 4.90 Å². The third-order valence-corrected chi connectivity index (χ3v) is 3.66. The number of nitrogens with zero attached hydrogens (tertiary/aromatic N) is 1. The SMILES string of the molecule is OC1(C2CC2)CN(Cc2cc(F)cc(F)c2)C1. The molecule has 1 heterocycles. The Labute approximate surface area is 98.9 Å². The van der Waals surface area contributed by atoms with E-state index in [1.807, 2.05) is 4.90 Å². The molecule has 2 fully saturated rings. The van der Waals surface area contributed by atoms with E-state index >= 15 is 0 Å². The Balaban J connectivity index is 1.61. The summed E-state index contributed by atoms with van der Waals surface area (Å²) in [5.41, 5.74) is 0.0895. The molecule has 1 aliphatic carbocycles. The predicted molar refractivity (Wildman–Crippen MR) is 59.3 cm³/mol. The lowest BCUT2D eigenvalue weighted by Gasteiger charge is -2.47. The number of halogens is 2. The molecule has 2 aliphatic rings. The van der Waals surface area contributed by atoms with Crippen molar-refractivity contribution in [2.24, 2.45) is 5.92 Å². The summed E-state index contributed by atoms with van der Waals surface area (Å²) in [5, 5.41) is 10.1. The van der Waals surface area contributed by atoms with E-state index in [1.165, 1.54) is 12.1 Å². The van der Waals surface area contributed by atoms with Crippen molar-refractivity contribution < 1.29 is 13.9 Å². The van der Waals surface area contributed by atoms with E-state index in [4.69, 9.17) is 0 Å². The molecule has 1 saturated carbocycles. The van der Waals surface area contributed by atoms with Crippen LogP contribution < -0.4 is 0 Å². The van der Waals surface area contributed by atoms with Crippen LogP contribution in [0.15, 0.2) is 18.2 Å². The fourth-order valence-electron chi connectivity index (χ4n) is 2.68. The average Bonchev–Trinajstić information content (AvgIpc) is 2.95. The minimum Gasteiger partial charge on any atom is -0.387 e. The lowest BCUT2D eigenvalue weighted by atomic mass is 9.88. The van der Waals surface area contributed by atoms with Crippen LogP contribution in [-0.2, 0) is 6.54 Å². The first-order chi connectivity index (χ1) is 8.05. The summed E-state index contributed by atoms with van der Waals surface area (Å²) in [6, 6.07) is 3.56. The molecule has 92 valence electrons. The van der Waals surface area contributed by atoms with E-state index in [1.54, 1.807) is 0 Å². The Hall–Kier alpha value is -1.00. The van der Waals surface area contributed by atoms with Crippen LogP contribution in [0.5, 0.6) is 0 Å². The smallest absolute Gasteiger partial charge is 0.126 e. The van der Waals surface area contributed by atoms with Gasteiger partial charge in [-0.1, -0.05) is 0 Å². The maximum atomic E-state index is 13.0. The van der Waals surface area contributed by atoms with E-state index in [2.05, 4.69) is 0 Å². The Kier molecular flexibility index (Phi) is 2.45. The predicted octanol–water partition coefficient (Wildman–Crippen LogP) is 1.92. The van der Waals surface area contributed by atoms with Crippen LogP contribution in [0.2, 0.25) is 0 Å². The monoisotopic (exact) mass is 239 g/mol. The summed E-state index contributed by atoms with van der Waals surface area (Å²) < 4.78 is 26.0. The van der Waals surface area contributed by atoms with Crippen LogP contribution in [-0.4, -0.2) is 28.7 Å². The van der Waals surface area contributed by atoms with Gasteiger partial charge in [0.2, 0.25) is 0 Å². The second kappa shape index (κ2) is 3.75. The minimum absolute atomic E-state index is 0.447. The van der Waals surface area contributed by atoms with Gasteiger partial charge < -0.3 is 5.11 Å². The van der Waals surface area contributed by atoms with Crippen LogP contribution in [0.4, 0.5) is 8.78 Å². The van der Waals surface area contributed by atoms with E-state index in [0.29, 0.717) is 31.1 Å². The summed E-state index contributed by atoms with van der Waals surface area (Å²) in [5.74, 6) is -0.640. The number of rotatable bonds is 3. The van der Waals surface area contributed by atoms with Gasteiger partial charge in [0, 0.05) is 25.7 Å². The van der Waals surface area contributed by atoms with Gasteiger partial charge in [0.15, 0.2) is 0 Å². The standard InChI is InChI=1S/C13H15F2NO/c14-11-3-9(4-12(15)5-11)6-16-7-13(17,8-16)10-1-2-10/h3-5,10,17H,1-2,6-8H2. The summed E-state index contributed by atoms with van der Waals surface area (Å²) in [4.78, 5) is 2.02. The normalized spacial score (nSPS) is 23.5. The highest BCUT2D eigenvalue weighted by Gasteiger charge is 2.51. The van der Waals surface area contributed by atoms with Gasteiger partial charge in [-0.2, -0.15) is 0 Å². The molecule has 1 saturated heterocycles. The lowest BCUT2D eigenvalue weighted by molar-refractivity contribution is -0.116. The lowest BCUT2D eigenvalue weighted by Crippen LogP contribution is -2.62. The van der Waals surface area contributed by atoms with Crippen LogP contribution in [0.3, 0.4) is 0 Å². The number of hydrogen-bond donors (Lipinski definition) is 1. The zero-order chi connectivity index (χ0) is 12.0. The molecule has 0 spiro atoms. The fourth-order valence-corrected chi connectivity index (χ4v) is 2.68.